The molecule has 0 fully saturated rings. The van der Waals surface area contributed by atoms with Gasteiger partial charge in [0.1, 0.15) is 5.69 Å². The van der Waals surface area contributed by atoms with Crippen LogP contribution in [0.2, 0.25) is 10.0 Å². The van der Waals surface area contributed by atoms with Gasteiger partial charge in [0.05, 0.1) is 21.5 Å². The molecule has 154 valence electrons. The Balaban J connectivity index is 1.44. The minimum absolute atomic E-state index is 0.289. The number of amides is 1. The molecule has 0 aliphatic heterocycles. The average Bonchev–Trinajstić information content (AvgIpc) is 3.30. The molecule has 1 amide bonds. The lowest BCUT2D eigenvalue weighted by molar-refractivity contribution is 0.0950. The molecule has 0 bridgehead atoms. The molecule has 1 heterocycles. The maximum Gasteiger partial charge on any atom is 0.289 e. The van der Waals surface area contributed by atoms with Crippen LogP contribution in [0.1, 0.15) is 23.0 Å². The summed E-state index contributed by atoms with van der Waals surface area (Å²) in [6, 6.07) is 25.0. The second-order valence-electron chi connectivity index (χ2n) is 6.88. The van der Waals surface area contributed by atoms with Gasteiger partial charge in [0.25, 0.3) is 5.91 Å². The predicted octanol–water partition coefficient (Wildman–Crippen LogP) is 6.20. The molecule has 0 spiro atoms. The van der Waals surface area contributed by atoms with Crippen molar-refractivity contribution in [3.63, 3.8) is 0 Å². The summed E-state index contributed by atoms with van der Waals surface area (Å²) in [5.74, 6) is -0.390. The van der Waals surface area contributed by atoms with Gasteiger partial charge in [-0.1, -0.05) is 83.9 Å². The van der Waals surface area contributed by atoms with E-state index in [1.165, 1.54) is 0 Å². The standard InChI is InChI=1S/C24H18Cl2N4O/c1-15(16-7-9-18(10-8-16)17-5-3-2-4-6-17)27-30-24(31)23-14-22(28-29-23)19-11-12-20(25)21(26)13-19/h2-14H,1H3,(H,28,29)(H,30,31)/b27-15+. The highest BCUT2D eigenvalue weighted by atomic mass is 35.5. The highest BCUT2D eigenvalue weighted by Crippen LogP contribution is 2.27. The fourth-order valence-corrected chi connectivity index (χ4v) is 3.33. The number of rotatable bonds is 5. The molecule has 0 aliphatic rings. The fraction of sp³-hybridized carbons (Fsp3) is 0.0417. The first kappa shape index (κ1) is 20.8. The predicted molar refractivity (Wildman–Crippen MR) is 126 cm³/mol. The first-order valence-corrected chi connectivity index (χ1v) is 10.3. The van der Waals surface area contributed by atoms with E-state index in [0.29, 0.717) is 21.5 Å². The molecule has 0 saturated carbocycles. The van der Waals surface area contributed by atoms with Crippen molar-refractivity contribution in [3.8, 4) is 22.4 Å². The molecule has 0 aliphatic carbocycles. The smallest absolute Gasteiger partial charge is 0.272 e. The van der Waals surface area contributed by atoms with E-state index in [9.17, 15) is 4.79 Å². The van der Waals surface area contributed by atoms with Gasteiger partial charge in [-0.2, -0.15) is 10.2 Å². The number of nitrogens with one attached hydrogen (secondary N) is 2. The number of nitrogens with zero attached hydrogens (tertiary/aromatic N) is 2. The van der Waals surface area contributed by atoms with Crippen LogP contribution in [0.4, 0.5) is 0 Å². The number of hydrazone groups is 1. The zero-order valence-corrected chi connectivity index (χ0v) is 18.1. The Labute approximate surface area is 189 Å². The van der Waals surface area contributed by atoms with Crippen molar-refractivity contribution in [2.75, 3.05) is 0 Å². The number of hydrogen-bond donors (Lipinski definition) is 2. The number of H-pyrrole nitrogens is 1. The summed E-state index contributed by atoms with van der Waals surface area (Å²) in [6.07, 6.45) is 0. The summed E-state index contributed by atoms with van der Waals surface area (Å²) in [5.41, 5.74) is 8.06. The molecule has 4 rings (SSSR count). The van der Waals surface area contributed by atoms with Crippen molar-refractivity contribution in [1.82, 2.24) is 15.6 Å². The molecule has 0 atom stereocenters. The number of hydrogen-bond acceptors (Lipinski definition) is 3. The lowest BCUT2D eigenvalue weighted by Gasteiger charge is -2.05. The van der Waals surface area contributed by atoms with Crippen LogP contribution in [0.25, 0.3) is 22.4 Å². The number of aromatic nitrogens is 2. The zero-order chi connectivity index (χ0) is 21.8. The quantitative estimate of drug-likeness (QED) is 0.281. The Hall–Kier alpha value is -3.41. The van der Waals surface area contributed by atoms with Crippen molar-refractivity contribution in [1.29, 1.82) is 0 Å². The first-order valence-electron chi connectivity index (χ1n) is 9.52. The number of aromatic amines is 1. The summed E-state index contributed by atoms with van der Waals surface area (Å²) in [4.78, 5) is 12.4. The molecule has 4 aromatic rings. The highest BCUT2D eigenvalue weighted by Gasteiger charge is 2.12. The summed E-state index contributed by atoms with van der Waals surface area (Å²) in [6.45, 7) is 1.84. The van der Waals surface area contributed by atoms with Gasteiger partial charge in [-0.15, -0.1) is 0 Å². The Bertz CT molecular complexity index is 1250. The van der Waals surface area contributed by atoms with Crippen LogP contribution in [0.3, 0.4) is 0 Å². The molecule has 7 heteroatoms. The largest absolute Gasteiger partial charge is 0.289 e. The molecular formula is C24H18Cl2N4O. The number of halogens is 2. The monoisotopic (exact) mass is 448 g/mol. The van der Waals surface area contributed by atoms with Gasteiger partial charge < -0.3 is 0 Å². The first-order chi connectivity index (χ1) is 15.0. The molecule has 0 unspecified atom stereocenters. The molecule has 31 heavy (non-hydrogen) atoms. The van der Waals surface area contributed by atoms with E-state index in [1.54, 1.807) is 24.3 Å². The molecule has 0 radical (unpaired) electrons. The van der Waals surface area contributed by atoms with Gasteiger partial charge in [0.2, 0.25) is 0 Å². The topological polar surface area (TPSA) is 70.1 Å². The summed E-state index contributed by atoms with van der Waals surface area (Å²) in [5, 5.41) is 12.0. The maximum atomic E-state index is 12.4. The molecule has 5 nitrogen and oxygen atoms in total. The second-order valence-corrected chi connectivity index (χ2v) is 7.69. The summed E-state index contributed by atoms with van der Waals surface area (Å²) in [7, 11) is 0. The lowest BCUT2D eigenvalue weighted by atomic mass is 10.0. The average molecular weight is 449 g/mol. The van der Waals surface area contributed by atoms with Crippen molar-refractivity contribution < 1.29 is 4.79 Å². The second kappa shape index (κ2) is 9.16. The Morgan fingerprint density at radius 2 is 1.55 bits per heavy atom. The van der Waals surface area contributed by atoms with Crippen LogP contribution in [-0.4, -0.2) is 21.8 Å². The van der Waals surface area contributed by atoms with Crippen molar-refractivity contribution in [2.24, 2.45) is 5.10 Å². The highest BCUT2D eigenvalue weighted by molar-refractivity contribution is 6.42. The Morgan fingerprint density at radius 1 is 0.871 bits per heavy atom. The third-order valence-electron chi connectivity index (χ3n) is 4.77. The van der Waals surface area contributed by atoms with E-state index in [-0.39, 0.29) is 11.6 Å². The zero-order valence-electron chi connectivity index (χ0n) is 16.6. The van der Waals surface area contributed by atoms with Gasteiger partial charge in [0, 0.05) is 5.56 Å². The van der Waals surface area contributed by atoms with Gasteiger partial charge in [-0.05, 0) is 41.8 Å². The van der Waals surface area contributed by atoms with Crippen LogP contribution in [0.5, 0.6) is 0 Å². The minimum Gasteiger partial charge on any atom is -0.272 e. The number of benzene rings is 3. The summed E-state index contributed by atoms with van der Waals surface area (Å²) >= 11 is 12.0. The lowest BCUT2D eigenvalue weighted by Crippen LogP contribution is -2.19. The van der Waals surface area contributed by atoms with Crippen molar-refractivity contribution in [2.45, 2.75) is 6.92 Å². The Kier molecular flexibility index (Phi) is 6.16. The molecule has 1 aromatic heterocycles. The van der Waals surface area contributed by atoms with E-state index < -0.39 is 0 Å². The van der Waals surface area contributed by atoms with E-state index in [2.05, 4.69) is 32.9 Å². The normalized spacial score (nSPS) is 11.4. The van der Waals surface area contributed by atoms with E-state index >= 15 is 0 Å². The molecule has 2 N–H and O–H groups in total. The molecular weight excluding hydrogens is 431 g/mol. The van der Waals surface area contributed by atoms with Crippen LogP contribution < -0.4 is 5.43 Å². The summed E-state index contributed by atoms with van der Waals surface area (Å²) < 4.78 is 0. The van der Waals surface area contributed by atoms with Crippen molar-refractivity contribution in [3.05, 3.63) is 100 Å². The van der Waals surface area contributed by atoms with Gasteiger partial charge in [-0.3, -0.25) is 9.89 Å². The number of carbonyl (C=O) groups excluding carboxylic acids is 1. The van der Waals surface area contributed by atoms with Gasteiger partial charge in [0.15, 0.2) is 0 Å². The van der Waals surface area contributed by atoms with E-state index in [0.717, 1.165) is 22.3 Å². The van der Waals surface area contributed by atoms with Gasteiger partial charge >= 0.3 is 0 Å². The van der Waals surface area contributed by atoms with Crippen LogP contribution in [0.15, 0.2) is 84.0 Å². The molecule has 3 aromatic carbocycles. The van der Waals surface area contributed by atoms with E-state index in [1.807, 2.05) is 49.4 Å². The van der Waals surface area contributed by atoms with Crippen LogP contribution in [-0.2, 0) is 0 Å². The number of carbonyl (C=O) groups is 1. The maximum absolute atomic E-state index is 12.4. The minimum atomic E-state index is -0.390. The van der Waals surface area contributed by atoms with E-state index in [4.69, 9.17) is 23.2 Å². The Morgan fingerprint density at radius 3 is 2.26 bits per heavy atom. The van der Waals surface area contributed by atoms with Gasteiger partial charge in [-0.25, -0.2) is 5.43 Å². The van der Waals surface area contributed by atoms with Crippen molar-refractivity contribution >= 4 is 34.8 Å². The molecule has 0 saturated heterocycles. The third kappa shape index (κ3) is 4.85. The third-order valence-corrected chi connectivity index (χ3v) is 5.51. The SMILES string of the molecule is C/C(=N\NC(=O)c1cc(-c2ccc(Cl)c(Cl)c2)n[nH]1)c1ccc(-c2ccccc2)cc1. The van der Waals surface area contributed by atoms with Crippen LogP contribution >= 0.6 is 23.2 Å². The fourth-order valence-electron chi connectivity index (χ4n) is 3.04. The van der Waals surface area contributed by atoms with Crippen LogP contribution in [0, 0.1) is 0 Å².